The van der Waals surface area contributed by atoms with Gasteiger partial charge in [-0.15, -0.1) is 0 Å². The Labute approximate surface area is 195 Å². The number of carbonyl (C=O) groups excluding carboxylic acids is 1. The Bertz CT molecular complexity index is 1320. The Kier molecular flexibility index (Phi) is 6.51. The Balaban J connectivity index is 1.74. The summed E-state index contributed by atoms with van der Waals surface area (Å²) in [5, 5.41) is 17.2. The number of carbonyl (C=O) groups is 1. The maximum absolute atomic E-state index is 13.5. The molecular formula is C25H20Cl2FN2O2-. The number of aryl methyl sites for hydroxylation is 1. The van der Waals surface area contributed by atoms with Crippen molar-refractivity contribution in [3.05, 3.63) is 104 Å². The van der Waals surface area contributed by atoms with Gasteiger partial charge in [0, 0.05) is 46.1 Å². The Hall–Kier alpha value is -2.86. The van der Waals surface area contributed by atoms with Crippen LogP contribution in [0.5, 0.6) is 0 Å². The first kappa shape index (κ1) is 22.3. The third kappa shape index (κ3) is 4.65. The van der Waals surface area contributed by atoms with Crippen LogP contribution in [0.25, 0.3) is 10.9 Å². The number of carboxylic acid groups (broad SMARTS) is 1. The van der Waals surface area contributed by atoms with Crippen LogP contribution < -0.4 is 10.4 Å². The lowest BCUT2D eigenvalue weighted by Gasteiger charge is -2.15. The van der Waals surface area contributed by atoms with Crippen LogP contribution >= 0.6 is 23.2 Å². The number of hydrogen-bond donors (Lipinski definition) is 1. The Morgan fingerprint density at radius 1 is 1.06 bits per heavy atom. The fourth-order valence-corrected chi connectivity index (χ4v) is 4.35. The summed E-state index contributed by atoms with van der Waals surface area (Å²) in [5.41, 5.74) is 4.05. The molecule has 32 heavy (non-hydrogen) atoms. The number of aromatic carboxylic acids is 1. The summed E-state index contributed by atoms with van der Waals surface area (Å²) in [6, 6.07) is 17.4. The predicted molar refractivity (Wildman–Crippen MR) is 124 cm³/mol. The fourth-order valence-electron chi connectivity index (χ4n) is 3.91. The molecule has 3 aromatic carbocycles. The zero-order chi connectivity index (χ0) is 22.8. The molecule has 0 amide bonds. The minimum atomic E-state index is -1.28. The molecule has 0 saturated heterocycles. The monoisotopic (exact) mass is 469 g/mol. The highest BCUT2D eigenvalue weighted by molar-refractivity contribution is 6.31. The van der Waals surface area contributed by atoms with E-state index < -0.39 is 11.8 Å². The number of carboxylic acids is 1. The second kappa shape index (κ2) is 9.33. The fraction of sp³-hybridized carbons (Fsp3) is 0.160. The molecule has 0 aliphatic carbocycles. The van der Waals surface area contributed by atoms with Crippen LogP contribution in [0.15, 0.2) is 60.7 Å². The van der Waals surface area contributed by atoms with Crippen molar-refractivity contribution < 1.29 is 14.3 Å². The van der Waals surface area contributed by atoms with E-state index in [1.807, 2.05) is 43.3 Å². The van der Waals surface area contributed by atoms with Crippen LogP contribution in [0.3, 0.4) is 0 Å². The van der Waals surface area contributed by atoms with Crippen molar-refractivity contribution in [3.63, 3.8) is 0 Å². The largest absolute Gasteiger partial charge is 0.543 e. The van der Waals surface area contributed by atoms with E-state index in [9.17, 15) is 14.3 Å². The molecule has 0 bridgehead atoms. The van der Waals surface area contributed by atoms with E-state index in [1.54, 1.807) is 16.7 Å². The first-order valence-corrected chi connectivity index (χ1v) is 10.8. The topological polar surface area (TPSA) is 57.1 Å². The van der Waals surface area contributed by atoms with Gasteiger partial charge in [-0.2, -0.15) is 0 Å². The van der Waals surface area contributed by atoms with Crippen LogP contribution in [0, 0.1) is 12.7 Å². The average molecular weight is 470 g/mol. The highest BCUT2D eigenvalue weighted by atomic mass is 35.5. The second-order valence-electron chi connectivity index (χ2n) is 7.69. The van der Waals surface area contributed by atoms with Gasteiger partial charge in [0.05, 0.1) is 11.7 Å². The molecule has 0 aliphatic heterocycles. The highest BCUT2D eigenvalue weighted by Crippen LogP contribution is 2.30. The normalized spacial score (nSPS) is 11.2. The molecular weight excluding hydrogens is 450 g/mol. The van der Waals surface area contributed by atoms with Gasteiger partial charge in [0.1, 0.15) is 5.82 Å². The number of rotatable bonds is 7. The summed E-state index contributed by atoms with van der Waals surface area (Å²) in [6.07, 6.45) is 0. The molecule has 4 rings (SSSR count). The molecule has 1 N–H and O–H groups in total. The van der Waals surface area contributed by atoms with Crippen LogP contribution in [-0.4, -0.2) is 10.5 Å². The van der Waals surface area contributed by atoms with E-state index in [1.165, 1.54) is 12.1 Å². The summed E-state index contributed by atoms with van der Waals surface area (Å²) in [4.78, 5) is 12.2. The second-order valence-corrected chi connectivity index (χ2v) is 8.53. The van der Waals surface area contributed by atoms with E-state index in [0.717, 1.165) is 22.0 Å². The summed E-state index contributed by atoms with van der Waals surface area (Å²) in [6.45, 7) is 2.96. The molecule has 0 radical (unpaired) electrons. The van der Waals surface area contributed by atoms with Crippen molar-refractivity contribution in [1.82, 2.24) is 9.88 Å². The minimum absolute atomic E-state index is 0.0737. The van der Waals surface area contributed by atoms with Gasteiger partial charge in [-0.25, -0.2) is 4.39 Å². The van der Waals surface area contributed by atoms with Gasteiger partial charge in [0.25, 0.3) is 0 Å². The average Bonchev–Trinajstić information content (AvgIpc) is 3.03. The number of benzene rings is 3. The molecule has 4 aromatic rings. The van der Waals surface area contributed by atoms with Crippen molar-refractivity contribution in [1.29, 1.82) is 0 Å². The van der Waals surface area contributed by atoms with Crippen LogP contribution in [-0.2, 0) is 19.6 Å². The summed E-state index contributed by atoms with van der Waals surface area (Å²) in [7, 11) is 0. The Morgan fingerprint density at radius 3 is 2.59 bits per heavy atom. The number of aromatic nitrogens is 1. The molecule has 0 aliphatic rings. The highest BCUT2D eigenvalue weighted by Gasteiger charge is 2.19. The molecule has 0 fully saturated rings. The van der Waals surface area contributed by atoms with E-state index in [4.69, 9.17) is 23.2 Å². The van der Waals surface area contributed by atoms with E-state index >= 15 is 0 Å². The number of nitrogens with zero attached hydrogens (tertiary/aromatic N) is 1. The molecule has 4 nitrogen and oxygen atoms in total. The standard InChI is InChI=1S/C25H21Cl2FN2O2/c1-15-5-8-20-21(13-29-12-16-3-2-4-18(26)10-16)24(25(31)32)30(23(20)9-15)14-17-6-7-19(28)11-22(17)27/h2-11,29H,12-14H2,1H3,(H,31,32)/p-1. The number of hydrogen-bond acceptors (Lipinski definition) is 3. The number of halogens is 3. The lowest BCUT2D eigenvalue weighted by molar-refractivity contribution is -0.255. The SMILES string of the molecule is Cc1ccc2c(CNCc3cccc(Cl)c3)c(C(=O)[O-])n(Cc3ccc(F)cc3Cl)c2c1. The molecule has 0 atom stereocenters. The lowest BCUT2D eigenvalue weighted by Crippen LogP contribution is -2.28. The summed E-state index contributed by atoms with van der Waals surface area (Å²) in [5.74, 6) is -1.73. The minimum Gasteiger partial charge on any atom is -0.543 e. The van der Waals surface area contributed by atoms with Crippen molar-refractivity contribution >= 4 is 40.1 Å². The predicted octanol–water partition coefficient (Wildman–Crippen LogP) is 5.10. The van der Waals surface area contributed by atoms with Gasteiger partial charge in [-0.3, -0.25) is 0 Å². The van der Waals surface area contributed by atoms with Crippen LogP contribution in [0.4, 0.5) is 4.39 Å². The molecule has 1 heterocycles. The number of nitrogens with one attached hydrogen (secondary N) is 1. The molecule has 7 heteroatoms. The van der Waals surface area contributed by atoms with Gasteiger partial charge in [-0.05, 0) is 53.9 Å². The zero-order valence-corrected chi connectivity index (χ0v) is 18.8. The summed E-state index contributed by atoms with van der Waals surface area (Å²) < 4.78 is 15.2. The third-order valence-corrected chi connectivity index (χ3v) is 5.97. The maximum Gasteiger partial charge on any atom is 0.124 e. The zero-order valence-electron chi connectivity index (χ0n) is 17.3. The van der Waals surface area contributed by atoms with Crippen molar-refractivity contribution in [2.75, 3.05) is 0 Å². The van der Waals surface area contributed by atoms with Gasteiger partial charge in [-0.1, -0.05) is 53.5 Å². The molecule has 0 spiro atoms. The molecule has 0 saturated carbocycles. The molecule has 1 aromatic heterocycles. The van der Waals surface area contributed by atoms with Crippen molar-refractivity contribution in [2.24, 2.45) is 0 Å². The lowest BCUT2D eigenvalue weighted by atomic mass is 10.1. The van der Waals surface area contributed by atoms with Crippen LogP contribution in [0.1, 0.15) is 32.7 Å². The first-order chi connectivity index (χ1) is 15.3. The quantitative estimate of drug-likeness (QED) is 0.409. The van der Waals surface area contributed by atoms with E-state index in [0.29, 0.717) is 29.2 Å². The van der Waals surface area contributed by atoms with Crippen LogP contribution in [0.2, 0.25) is 10.0 Å². The smallest absolute Gasteiger partial charge is 0.124 e. The van der Waals surface area contributed by atoms with Gasteiger partial charge in [0.15, 0.2) is 0 Å². The van der Waals surface area contributed by atoms with Crippen molar-refractivity contribution in [2.45, 2.75) is 26.6 Å². The molecule has 0 unspecified atom stereocenters. The first-order valence-electron chi connectivity index (χ1n) is 10.1. The van der Waals surface area contributed by atoms with Crippen molar-refractivity contribution in [3.8, 4) is 0 Å². The van der Waals surface area contributed by atoms with E-state index in [-0.39, 0.29) is 17.3 Å². The maximum atomic E-state index is 13.5. The third-order valence-electron chi connectivity index (χ3n) is 5.38. The van der Waals surface area contributed by atoms with E-state index in [2.05, 4.69) is 5.32 Å². The number of fused-ring (bicyclic) bond motifs is 1. The Morgan fingerprint density at radius 2 is 1.88 bits per heavy atom. The van der Waals surface area contributed by atoms with Gasteiger partial charge in [0.2, 0.25) is 0 Å². The summed E-state index contributed by atoms with van der Waals surface area (Å²) >= 11 is 12.3. The van der Waals surface area contributed by atoms with Gasteiger partial charge < -0.3 is 19.8 Å². The molecule has 164 valence electrons. The van der Waals surface area contributed by atoms with Gasteiger partial charge >= 0.3 is 0 Å².